The molecule has 1 aliphatic heterocycles. The zero-order valence-corrected chi connectivity index (χ0v) is 8.50. The summed E-state index contributed by atoms with van der Waals surface area (Å²) in [5.41, 5.74) is 0.405. The second kappa shape index (κ2) is 3.10. The van der Waals surface area contributed by atoms with E-state index in [0.717, 1.165) is 0 Å². The molecule has 0 spiro atoms. The van der Waals surface area contributed by atoms with Crippen molar-refractivity contribution in [1.82, 2.24) is 4.90 Å². The first kappa shape index (κ1) is 8.98. The van der Waals surface area contributed by atoms with E-state index in [1.54, 1.807) is 0 Å². The lowest BCUT2D eigenvalue weighted by Crippen LogP contribution is -2.41. The van der Waals surface area contributed by atoms with Crippen molar-refractivity contribution in [2.24, 2.45) is 0 Å². The van der Waals surface area contributed by atoms with Crippen LogP contribution in [0.15, 0.2) is 11.6 Å². The van der Waals surface area contributed by atoms with Gasteiger partial charge in [0.05, 0.1) is 5.03 Å². The quantitative estimate of drug-likeness (QED) is 0.628. The van der Waals surface area contributed by atoms with Crippen LogP contribution in [0.25, 0.3) is 0 Å². The smallest absolute Gasteiger partial charge is 0.0637 e. The van der Waals surface area contributed by atoms with Crippen LogP contribution >= 0.6 is 11.8 Å². The molecule has 0 atom stereocenters. The number of hydrogen-bond donors (Lipinski definition) is 0. The fourth-order valence-corrected chi connectivity index (χ4v) is 3.03. The Kier molecular flexibility index (Phi) is 2.53. The van der Waals surface area contributed by atoms with Gasteiger partial charge >= 0.3 is 0 Å². The monoisotopic (exact) mass is 171 g/mol. The molecule has 0 aromatic rings. The maximum Gasteiger partial charge on any atom is 0.0637 e. The normalized spacial score (nSPS) is 22.8. The van der Waals surface area contributed by atoms with Crippen molar-refractivity contribution in [3.05, 3.63) is 11.6 Å². The van der Waals surface area contributed by atoms with Gasteiger partial charge in [-0.2, -0.15) is 0 Å². The highest BCUT2D eigenvalue weighted by Crippen LogP contribution is 2.41. The second-order valence-corrected chi connectivity index (χ2v) is 4.22. The molecule has 11 heavy (non-hydrogen) atoms. The van der Waals surface area contributed by atoms with Gasteiger partial charge < -0.3 is 4.90 Å². The van der Waals surface area contributed by atoms with E-state index in [9.17, 15) is 0 Å². The van der Waals surface area contributed by atoms with Gasteiger partial charge in [-0.15, -0.1) is 11.8 Å². The summed E-state index contributed by atoms with van der Waals surface area (Å²) in [6, 6.07) is 0. The molecule has 64 valence electrons. The largest absolute Gasteiger partial charge is 0.363 e. The average molecular weight is 171 g/mol. The predicted octanol–water partition coefficient (Wildman–Crippen LogP) is 2.70. The molecule has 0 bridgehead atoms. The fourth-order valence-electron chi connectivity index (χ4n) is 1.60. The lowest BCUT2D eigenvalue weighted by molar-refractivity contribution is 0.200. The van der Waals surface area contributed by atoms with E-state index >= 15 is 0 Å². The van der Waals surface area contributed by atoms with Crippen LogP contribution in [-0.4, -0.2) is 23.2 Å². The minimum absolute atomic E-state index is 0.405. The molecule has 1 saturated heterocycles. The molecule has 1 heterocycles. The summed E-state index contributed by atoms with van der Waals surface area (Å²) in [5, 5.41) is 1.23. The number of nitrogens with zero attached hydrogens (tertiary/aromatic N) is 1. The molecular formula is C9H17NS. The summed E-state index contributed by atoms with van der Waals surface area (Å²) >= 11 is 1.89. The fraction of sp³-hybridized carbons (Fsp3) is 0.778. The van der Waals surface area contributed by atoms with E-state index in [1.807, 2.05) is 11.8 Å². The summed E-state index contributed by atoms with van der Waals surface area (Å²) in [6.07, 6.45) is 2.46. The van der Waals surface area contributed by atoms with Crippen LogP contribution in [0, 0.1) is 0 Å². The van der Waals surface area contributed by atoms with E-state index in [-0.39, 0.29) is 0 Å². The Labute approximate surface area is 73.8 Å². The van der Waals surface area contributed by atoms with Crippen LogP contribution < -0.4 is 0 Å². The topological polar surface area (TPSA) is 3.24 Å². The first-order chi connectivity index (χ1) is 5.16. The van der Waals surface area contributed by atoms with Crippen LogP contribution in [0.4, 0.5) is 0 Å². The SMILES string of the molecule is C=C1SCC(CC)(CC)N1C. The number of thioether (sulfide) groups is 1. The summed E-state index contributed by atoms with van der Waals surface area (Å²) < 4.78 is 0. The highest BCUT2D eigenvalue weighted by atomic mass is 32.2. The third-order valence-corrected chi connectivity index (χ3v) is 4.20. The van der Waals surface area contributed by atoms with Gasteiger partial charge in [-0.3, -0.25) is 0 Å². The maximum absolute atomic E-state index is 4.02. The molecule has 0 radical (unpaired) electrons. The zero-order chi connectivity index (χ0) is 8.48. The molecule has 0 saturated carbocycles. The Balaban J connectivity index is 2.77. The zero-order valence-electron chi connectivity index (χ0n) is 7.68. The van der Waals surface area contributed by atoms with Crippen molar-refractivity contribution in [3.63, 3.8) is 0 Å². The Morgan fingerprint density at radius 3 is 2.27 bits per heavy atom. The molecule has 0 aromatic heterocycles. The molecular weight excluding hydrogens is 154 g/mol. The van der Waals surface area contributed by atoms with Crippen LogP contribution in [-0.2, 0) is 0 Å². The molecule has 0 amide bonds. The van der Waals surface area contributed by atoms with Gasteiger partial charge in [0.15, 0.2) is 0 Å². The molecule has 0 aliphatic carbocycles. The van der Waals surface area contributed by atoms with Crippen molar-refractivity contribution in [3.8, 4) is 0 Å². The lowest BCUT2D eigenvalue weighted by atomic mass is 9.94. The minimum Gasteiger partial charge on any atom is -0.363 e. The summed E-state index contributed by atoms with van der Waals surface area (Å²) in [4.78, 5) is 2.34. The van der Waals surface area contributed by atoms with Crippen molar-refractivity contribution in [1.29, 1.82) is 0 Å². The van der Waals surface area contributed by atoms with Gasteiger partial charge in [0.1, 0.15) is 0 Å². The first-order valence-corrected chi connectivity index (χ1v) is 5.20. The molecule has 0 unspecified atom stereocenters. The summed E-state index contributed by atoms with van der Waals surface area (Å²) in [5.74, 6) is 1.22. The van der Waals surface area contributed by atoms with Crippen molar-refractivity contribution in [2.75, 3.05) is 12.8 Å². The minimum atomic E-state index is 0.405. The molecule has 1 nitrogen and oxygen atoms in total. The van der Waals surface area contributed by atoms with Crippen LogP contribution in [0.3, 0.4) is 0 Å². The number of hydrogen-bond acceptors (Lipinski definition) is 2. The highest BCUT2D eigenvalue weighted by molar-refractivity contribution is 8.03. The maximum atomic E-state index is 4.02. The van der Waals surface area contributed by atoms with E-state index < -0.39 is 0 Å². The first-order valence-electron chi connectivity index (χ1n) is 4.22. The van der Waals surface area contributed by atoms with E-state index in [1.165, 1.54) is 23.6 Å². The highest BCUT2D eigenvalue weighted by Gasteiger charge is 2.37. The van der Waals surface area contributed by atoms with Gasteiger partial charge in [0.2, 0.25) is 0 Å². The Hall–Kier alpha value is -0.110. The summed E-state index contributed by atoms with van der Waals surface area (Å²) in [6.45, 7) is 8.54. The van der Waals surface area contributed by atoms with Gasteiger partial charge in [-0.1, -0.05) is 20.4 Å². The third kappa shape index (κ3) is 1.28. The van der Waals surface area contributed by atoms with Crippen LogP contribution in [0.5, 0.6) is 0 Å². The predicted molar refractivity (Wildman–Crippen MR) is 52.7 cm³/mol. The lowest BCUT2D eigenvalue weighted by Gasteiger charge is -2.35. The van der Waals surface area contributed by atoms with Crippen LogP contribution in [0.1, 0.15) is 26.7 Å². The Morgan fingerprint density at radius 2 is 2.09 bits per heavy atom. The molecule has 0 N–H and O–H groups in total. The van der Waals surface area contributed by atoms with Crippen molar-refractivity contribution in [2.45, 2.75) is 32.2 Å². The molecule has 1 aliphatic rings. The Morgan fingerprint density at radius 1 is 1.55 bits per heavy atom. The third-order valence-electron chi connectivity index (χ3n) is 2.91. The van der Waals surface area contributed by atoms with Gasteiger partial charge in [-0.05, 0) is 12.8 Å². The molecule has 0 aromatic carbocycles. The standard InChI is InChI=1S/C9H17NS/c1-5-9(6-2)7-11-8(3)10(9)4/h3,5-7H2,1-2,4H3. The van der Waals surface area contributed by atoms with E-state index in [2.05, 4.69) is 32.4 Å². The number of rotatable bonds is 2. The average Bonchev–Trinajstić information content (AvgIpc) is 2.32. The second-order valence-electron chi connectivity index (χ2n) is 3.17. The molecule has 2 heteroatoms. The molecule has 1 rings (SSSR count). The van der Waals surface area contributed by atoms with Gasteiger partial charge in [-0.25, -0.2) is 0 Å². The van der Waals surface area contributed by atoms with Crippen molar-refractivity contribution < 1.29 is 0 Å². The Bertz CT molecular complexity index is 161. The van der Waals surface area contributed by atoms with E-state index in [0.29, 0.717) is 5.54 Å². The molecule has 1 fully saturated rings. The van der Waals surface area contributed by atoms with E-state index in [4.69, 9.17) is 0 Å². The summed E-state index contributed by atoms with van der Waals surface area (Å²) in [7, 11) is 2.16. The van der Waals surface area contributed by atoms with Gasteiger partial charge in [0, 0.05) is 18.3 Å². The van der Waals surface area contributed by atoms with Gasteiger partial charge in [0.25, 0.3) is 0 Å². The van der Waals surface area contributed by atoms with Crippen molar-refractivity contribution >= 4 is 11.8 Å². The van der Waals surface area contributed by atoms with Crippen LogP contribution in [0.2, 0.25) is 0 Å².